The van der Waals surface area contributed by atoms with Crippen LogP contribution in [0.25, 0.3) is 0 Å². The van der Waals surface area contributed by atoms with Crippen LogP contribution >= 0.6 is 0 Å². The summed E-state index contributed by atoms with van der Waals surface area (Å²) < 4.78 is 11.2. The minimum absolute atomic E-state index is 0.160. The Bertz CT molecular complexity index is 276. The largest absolute Gasteiger partial charge is 0.481 e. The van der Waals surface area contributed by atoms with Gasteiger partial charge in [-0.15, -0.1) is 0 Å². The van der Waals surface area contributed by atoms with E-state index in [9.17, 15) is 4.79 Å². The summed E-state index contributed by atoms with van der Waals surface area (Å²) in [6.45, 7) is 1.61. The second-order valence-corrected chi connectivity index (χ2v) is 5.34. The van der Waals surface area contributed by atoms with Crippen molar-refractivity contribution in [3.8, 4) is 0 Å². The molecule has 1 heterocycles. The summed E-state index contributed by atoms with van der Waals surface area (Å²) in [6, 6.07) is 0.382. The molecule has 0 aromatic carbocycles. The highest BCUT2D eigenvalue weighted by atomic mass is 16.5. The van der Waals surface area contributed by atoms with Gasteiger partial charge in [-0.1, -0.05) is 0 Å². The lowest BCUT2D eigenvalue weighted by Gasteiger charge is -2.27. The van der Waals surface area contributed by atoms with Crippen LogP contribution in [0, 0.1) is 5.92 Å². The number of carbonyl (C=O) groups is 1. The SMILES string of the molecule is CO[C@@H]1CN[C@H](COC2CCC(C(=O)O)CC2)C1. The number of hydrogen-bond acceptors (Lipinski definition) is 4. The summed E-state index contributed by atoms with van der Waals surface area (Å²) in [4.78, 5) is 10.8. The highest BCUT2D eigenvalue weighted by molar-refractivity contribution is 5.70. The van der Waals surface area contributed by atoms with Crippen molar-refractivity contribution in [2.45, 2.75) is 50.4 Å². The van der Waals surface area contributed by atoms with Gasteiger partial charge >= 0.3 is 5.97 Å². The highest BCUT2D eigenvalue weighted by Crippen LogP contribution is 2.26. The fraction of sp³-hybridized carbons (Fsp3) is 0.923. The van der Waals surface area contributed by atoms with E-state index < -0.39 is 5.97 Å². The molecule has 2 atom stereocenters. The fourth-order valence-corrected chi connectivity index (χ4v) is 2.82. The molecule has 0 spiro atoms. The Morgan fingerprint density at radius 2 is 2.00 bits per heavy atom. The van der Waals surface area contributed by atoms with Gasteiger partial charge in [-0.05, 0) is 32.1 Å². The number of hydrogen-bond donors (Lipinski definition) is 2. The molecule has 18 heavy (non-hydrogen) atoms. The molecule has 1 aliphatic heterocycles. The zero-order valence-electron chi connectivity index (χ0n) is 10.9. The van der Waals surface area contributed by atoms with Crippen LogP contribution in [-0.4, -0.2) is 49.6 Å². The summed E-state index contributed by atoms with van der Waals surface area (Å²) in [6.07, 6.45) is 4.79. The lowest BCUT2D eigenvalue weighted by molar-refractivity contribution is -0.143. The predicted octanol–water partition coefficient (Wildman–Crippen LogP) is 1.02. The minimum Gasteiger partial charge on any atom is -0.481 e. The zero-order valence-corrected chi connectivity index (χ0v) is 10.9. The second kappa shape index (κ2) is 6.50. The molecule has 1 aliphatic carbocycles. The molecule has 0 aromatic heterocycles. The third-order valence-corrected chi connectivity index (χ3v) is 4.07. The van der Waals surface area contributed by atoms with Crippen LogP contribution in [0.3, 0.4) is 0 Å². The van der Waals surface area contributed by atoms with Crippen LogP contribution in [0.4, 0.5) is 0 Å². The van der Waals surface area contributed by atoms with Gasteiger partial charge in [0.2, 0.25) is 0 Å². The summed E-state index contributed by atoms with van der Waals surface area (Å²) in [7, 11) is 1.74. The quantitative estimate of drug-likeness (QED) is 0.770. The molecule has 2 aliphatic rings. The number of methoxy groups -OCH3 is 1. The standard InChI is InChI=1S/C13H23NO4/c1-17-12-6-10(14-7-12)8-18-11-4-2-9(3-5-11)13(15)16/h9-12,14H,2-8H2,1H3,(H,15,16)/t9?,10-,11?,12-/m0/s1. The molecule has 104 valence electrons. The molecule has 2 N–H and O–H groups in total. The summed E-state index contributed by atoms with van der Waals surface area (Å²) >= 11 is 0. The van der Waals surface area contributed by atoms with Crippen molar-refractivity contribution in [3.05, 3.63) is 0 Å². The fourth-order valence-electron chi connectivity index (χ4n) is 2.82. The van der Waals surface area contributed by atoms with Gasteiger partial charge < -0.3 is 19.9 Å². The van der Waals surface area contributed by atoms with Crippen molar-refractivity contribution in [2.75, 3.05) is 20.3 Å². The van der Waals surface area contributed by atoms with E-state index in [4.69, 9.17) is 14.6 Å². The maximum Gasteiger partial charge on any atom is 0.306 e. The molecule has 0 unspecified atom stereocenters. The van der Waals surface area contributed by atoms with E-state index in [1.54, 1.807) is 7.11 Å². The van der Waals surface area contributed by atoms with E-state index in [0.29, 0.717) is 18.8 Å². The van der Waals surface area contributed by atoms with Crippen LogP contribution in [0.5, 0.6) is 0 Å². The number of ether oxygens (including phenoxy) is 2. The van der Waals surface area contributed by atoms with Crippen molar-refractivity contribution >= 4 is 5.97 Å². The van der Waals surface area contributed by atoms with E-state index in [-0.39, 0.29) is 12.0 Å². The van der Waals surface area contributed by atoms with Crippen molar-refractivity contribution in [3.63, 3.8) is 0 Å². The van der Waals surface area contributed by atoms with Crippen LogP contribution < -0.4 is 5.32 Å². The van der Waals surface area contributed by atoms with Gasteiger partial charge in [0.05, 0.1) is 24.7 Å². The van der Waals surface area contributed by atoms with Crippen LogP contribution in [-0.2, 0) is 14.3 Å². The van der Waals surface area contributed by atoms with Gasteiger partial charge in [0.1, 0.15) is 0 Å². The molecule has 0 bridgehead atoms. The first kappa shape index (κ1) is 13.8. The smallest absolute Gasteiger partial charge is 0.306 e. The number of carboxylic acids is 1. The first-order chi connectivity index (χ1) is 8.69. The topological polar surface area (TPSA) is 67.8 Å². The predicted molar refractivity (Wildman–Crippen MR) is 66.5 cm³/mol. The lowest BCUT2D eigenvalue weighted by Crippen LogP contribution is -2.32. The van der Waals surface area contributed by atoms with Crippen molar-refractivity contribution < 1.29 is 19.4 Å². The molecule has 1 saturated heterocycles. The molecular formula is C13H23NO4. The molecule has 0 amide bonds. The van der Waals surface area contributed by atoms with Crippen molar-refractivity contribution in [2.24, 2.45) is 5.92 Å². The molecule has 1 saturated carbocycles. The molecular weight excluding hydrogens is 234 g/mol. The minimum atomic E-state index is -0.658. The number of aliphatic carboxylic acids is 1. The molecule has 0 aromatic rings. The van der Waals surface area contributed by atoms with Crippen LogP contribution in [0.1, 0.15) is 32.1 Å². The Hall–Kier alpha value is -0.650. The Morgan fingerprint density at radius 1 is 1.28 bits per heavy atom. The average molecular weight is 257 g/mol. The van der Waals surface area contributed by atoms with E-state index in [1.807, 2.05) is 0 Å². The third kappa shape index (κ3) is 3.67. The Kier molecular flexibility index (Phi) is 4.97. The second-order valence-electron chi connectivity index (χ2n) is 5.34. The average Bonchev–Trinajstić information content (AvgIpc) is 2.85. The Balaban J connectivity index is 1.62. The molecule has 5 heteroatoms. The Labute approximate surface area is 108 Å². The van der Waals surface area contributed by atoms with Crippen LogP contribution in [0.2, 0.25) is 0 Å². The lowest BCUT2D eigenvalue weighted by atomic mass is 9.87. The molecule has 2 rings (SSSR count). The van der Waals surface area contributed by atoms with Gasteiger partial charge in [0.25, 0.3) is 0 Å². The zero-order chi connectivity index (χ0) is 13.0. The Morgan fingerprint density at radius 3 is 2.56 bits per heavy atom. The maximum absolute atomic E-state index is 10.8. The van der Waals surface area contributed by atoms with E-state index in [0.717, 1.165) is 38.6 Å². The molecule has 5 nitrogen and oxygen atoms in total. The van der Waals surface area contributed by atoms with Gasteiger partial charge in [0, 0.05) is 19.7 Å². The number of carboxylic acid groups (broad SMARTS) is 1. The normalized spacial score (nSPS) is 36.7. The summed E-state index contributed by atoms with van der Waals surface area (Å²) in [5, 5.41) is 12.3. The van der Waals surface area contributed by atoms with Gasteiger partial charge in [-0.25, -0.2) is 0 Å². The maximum atomic E-state index is 10.8. The summed E-state index contributed by atoms with van der Waals surface area (Å²) in [5.74, 6) is -0.818. The highest BCUT2D eigenvalue weighted by Gasteiger charge is 2.28. The van der Waals surface area contributed by atoms with Crippen molar-refractivity contribution in [1.29, 1.82) is 0 Å². The number of rotatable bonds is 5. The van der Waals surface area contributed by atoms with E-state index in [2.05, 4.69) is 5.32 Å². The first-order valence-electron chi connectivity index (χ1n) is 6.79. The van der Waals surface area contributed by atoms with E-state index >= 15 is 0 Å². The summed E-state index contributed by atoms with van der Waals surface area (Å²) in [5.41, 5.74) is 0. The number of nitrogens with one attached hydrogen (secondary N) is 1. The van der Waals surface area contributed by atoms with Gasteiger partial charge in [-0.2, -0.15) is 0 Å². The van der Waals surface area contributed by atoms with Crippen LogP contribution in [0.15, 0.2) is 0 Å². The monoisotopic (exact) mass is 257 g/mol. The van der Waals surface area contributed by atoms with Crippen molar-refractivity contribution in [1.82, 2.24) is 5.32 Å². The molecule has 2 fully saturated rings. The van der Waals surface area contributed by atoms with E-state index in [1.165, 1.54) is 0 Å². The van der Waals surface area contributed by atoms with Gasteiger partial charge in [-0.3, -0.25) is 4.79 Å². The van der Waals surface area contributed by atoms with Gasteiger partial charge in [0.15, 0.2) is 0 Å². The first-order valence-corrected chi connectivity index (χ1v) is 6.79. The molecule has 0 radical (unpaired) electrons. The third-order valence-electron chi connectivity index (χ3n) is 4.07.